The Bertz CT molecular complexity index is 1060. The monoisotopic (exact) mass is 475 g/mol. The molecule has 1 aliphatic carbocycles. The van der Waals surface area contributed by atoms with Crippen molar-refractivity contribution in [3.63, 3.8) is 0 Å². The van der Waals surface area contributed by atoms with Crippen molar-refractivity contribution in [3.05, 3.63) is 71.8 Å². The SMILES string of the molecule is CC(C)(C)OC(=O)C1CCC[C@]2(C=C(c3ccccc3OC(F)(F)F)NO2)[C@@H]1c1ccccc1. The summed E-state index contributed by atoms with van der Waals surface area (Å²) in [5.74, 6) is -1.51. The van der Waals surface area contributed by atoms with Gasteiger partial charge in [-0.15, -0.1) is 13.2 Å². The summed E-state index contributed by atoms with van der Waals surface area (Å²) in [5.41, 5.74) is 2.73. The maximum atomic E-state index is 13.2. The Morgan fingerprint density at radius 2 is 1.74 bits per heavy atom. The molecule has 5 nitrogen and oxygen atoms in total. The molecule has 0 aromatic heterocycles. The van der Waals surface area contributed by atoms with Crippen LogP contribution < -0.4 is 10.2 Å². The first-order chi connectivity index (χ1) is 16.0. The minimum Gasteiger partial charge on any atom is -0.460 e. The number of benzene rings is 2. The summed E-state index contributed by atoms with van der Waals surface area (Å²) in [6.45, 7) is 5.47. The van der Waals surface area contributed by atoms with Gasteiger partial charge in [-0.1, -0.05) is 42.5 Å². The highest BCUT2D eigenvalue weighted by atomic mass is 19.4. The van der Waals surface area contributed by atoms with Crippen molar-refractivity contribution in [2.75, 3.05) is 0 Å². The molecule has 1 fully saturated rings. The predicted molar refractivity (Wildman–Crippen MR) is 120 cm³/mol. The van der Waals surface area contributed by atoms with Crippen molar-refractivity contribution in [2.45, 2.75) is 63.5 Å². The van der Waals surface area contributed by atoms with Gasteiger partial charge >= 0.3 is 12.3 Å². The van der Waals surface area contributed by atoms with E-state index in [4.69, 9.17) is 9.57 Å². The molecule has 1 heterocycles. The Labute approximate surface area is 196 Å². The summed E-state index contributed by atoms with van der Waals surface area (Å²) in [6.07, 6.45) is -1.13. The molecule has 3 atom stereocenters. The average molecular weight is 476 g/mol. The summed E-state index contributed by atoms with van der Waals surface area (Å²) < 4.78 is 48.9. The molecule has 2 aromatic carbocycles. The Kier molecular flexibility index (Phi) is 6.38. The van der Waals surface area contributed by atoms with E-state index in [1.807, 2.05) is 51.1 Å². The fraction of sp³-hybridized carbons (Fsp3) is 0.423. The summed E-state index contributed by atoms with van der Waals surface area (Å²) in [5, 5.41) is 0. The van der Waals surface area contributed by atoms with Crippen LogP contribution in [0, 0.1) is 5.92 Å². The predicted octanol–water partition coefficient (Wildman–Crippen LogP) is 6.13. The fourth-order valence-corrected chi connectivity index (χ4v) is 4.83. The summed E-state index contributed by atoms with van der Waals surface area (Å²) in [7, 11) is 0. The van der Waals surface area contributed by atoms with Gasteiger partial charge in [0, 0.05) is 11.5 Å². The van der Waals surface area contributed by atoms with Crippen LogP contribution >= 0.6 is 0 Å². The standard InChI is InChI=1S/C26H28F3NO4/c1-24(2,3)33-23(31)19-13-9-15-25(22(19)17-10-5-4-6-11-17)16-20(30-34-25)18-12-7-8-14-21(18)32-26(27,28)29/h4-8,10-12,14,16,19,22,30H,9,13,15H2,1-3H3/t19?,22-,25+/m1/s1. The van der Waals surface area contributed by atoms with E-state index < -0.39 is 29.4 Å². The van der Waals surface area contributed by atoms with Gasteiger partial charge in [0.05, 0.1) is 11.6 Å². The molecule has 1 aliphatic heterocycles. The van der Waals surface area contributed by atoms with Gasteiger partial charge in [0.15, 0.2) is 0 Å². The zero-order valence-corrected chi connectivity index (χ0v) is 19.3. The lowest BCUT2D eigenvalue weighted by Crippen LogP contribution is -2.47. The van der Waals surface area contributed by atoms with Crippen LogP contribution in [0.1, 0.15) is 57.1 Å². The maximum Gasteiger partial charge on any atom is 0.573 e. The van der Waals surface area contributed by atoms with Crippen LogP contribution in [0.15, 0.2) is 60.7 Å². The van der Waals surface area contributed by atoms with Crippen molar-refractivity contribution in [3.8, 4) is 5.75 Å². The first kappa shape index (κ1) is 24.1. The number of nitrogens with one attached hydrogen (secondary N) is 1. The van der Waals surface area contributed by atoms with Gasteiger partial charge in [0.1, 0.15) is 17.0 Å². The second-order valence-electron chi connectivity index (χ2n) is 9.68. The molecular weight excluding hydrogens is 447 g/mol. The maximum absolute atomic E-state index is 13.2. The fourth-order valence-electron chi connectivity index (χ4n) is 4.83. The number of ether oxygens (including phenoxy) is 2. The minimum absolute atomic E-state index is 0.225. The highest BCUT2D eigenvalue weighted by Gasteiger charge is 2.52. The third-order valence-corrected chi connectivity index (χ3v) is 6.02. The molecule has 34 heavy (non-hydrogen) atoms. The Morgan fingerprint density at radius 3 is 2.41 bits per heavy atom. The largest absolute Gasteiger partial charge is 0.573 e. The van der Waals surface area contributed by atoms with E-state index in [1.165, 1.54) is 18.2 Å². The molecule has 0 radical (unpaired) electrons. The van der Waals surface area contributed by atoms with Crippen LogP contribution in [-0.4, -0.2) is 23.5 Å². The number of carbonyl (C=O) groups excluding carboxylic acids is 1. The second kappa shape index (κ2) is 8.98. The summed E-state index contributed by atoms with van der Waals surface area (Å²) >= 11 is 0. The second-order valence-corrected chi connectivity index (χ2v) is 9.68. The topological polar surface area (TPSA) is 56.8 Å². The first-order valence-electron chi connectivity index (χ1n) is 11.3. The van der Waals surface area contributed by atoms with Crippen LogP contribution in [0.25, 0.3) is 5.70 Å². The van der Waals surface area contributed by atoms with Crippen molar-refractivity contribution >= 4 is 11.7 Å². The highest BCUT2D eigenvalue weighted by molar-refractivity contribution is 5.76. The smallest absolute Gasteiger partial charge is 0.460 e. The molecule has 1 unspecified atom stereocenters. The Morgan fingerprint density at radius 1 is 1.06 bits per heavy atom. The van der Waals surface area contributed by atoms with Gasteiger partial charge < -0.3 is 9.47 Å². The number of rotatable bonds is 4. The van der Waals surface area contributed by atoms with Crippen molar-refractivity contribution < 1.29 is 32.3 Å². The molecule has 0 amide bonds. The van der Waals surface area contributed by atoms with Gasteiger partial charge in [-0.25, -0.2) is 0 Å². The van der Waals surface area contributed by atoms with Crippen LogP contribution in [0.5, 0.6) is 5.75 Å². The normalized spacial score (nSPS) is 24.9. The van der Waals surface area contributed by atoms with E-state index in [-0.39, 0.29) is 17.3 Å². The van der Waals surface area contributed by atoms with Crippen molar-refractivity contribution in [1.82, 2.24) is 5.48 Å². The van der Waals surface area contributed by atoms with Gasteiger partial charge in [-0.3, -0.25) is 15.1 Å². The number of esters is 1. The number of hydroxylamine groups is 1. The number of alkyl halides is 3. The lowest BCUT2D eigenvalue weighted by atomic mass is 9.65. The zero-order valence-electron chi connectivity index (χ0n) is 19.3. The van der Waals surface area contributed by atoms with E-state index in [0.717, 1.165) is 5.56 Å². The molecule has 182 valence electrons. The number of hydrogen-bond donors (Lipinski definition) is 1. The molecular formula is C26H28F3NO4. The molecule has 4 rings (SSSR count). The lowest BCUT2D eigenvalue weighted by Gasteiger charge is -2.43. The number of carbonyl (C=O) groups is 1. The molecule has 1 N–H and O–H groups in total. The zero-order chi connectivity index (χ0) is 24.6. The molecule has 2 aromatic rings. The number of hydrogen-bond acceptors (Lipinski definition) is 5. The molecule has 2 aliphatic rings. The van der Waals surface area contributed by atoms with E-state index in [0.29, 0.717) is 25.0 Å². The minimum atomic E-state index is -4.83. The van der Waals surface area contributed by atoms with Gasteiger partial charge in [0.25, 0.3) is 0 Å². The van der Waals surface area contributed by atoms with Crippen LogP contribution in [-0.2, 0) is 14.4 Å². The van der Waals surface area contributed by atoms with E-state index >= 15 is 0 Å². The van der Waals surface area contributed by atoms with Gasteiger partial charge in [-0.2, -0.15) is 0 Å². The van der Waals surface area contributed by atoms with Crippen LogP contribution in [0.3, 0.4) is 0 Å². The van der Waals surface area contributed by atoms with Crippen molar-refractivity contribution in [2.24, 2.45) is 5.92 Å². The van der Waals surface area contributed by atoms with Crippen LogP contribution in [0.4, 0.5) is 13.2 Å². The summed E-state index contributed by atoms with van der Waals surface area (Å²) in [4.78, 5) is 19.4. The molecule has 0 saturated heterocycles. The van der Waals surface area contributed by atoms with Crippen molar-refractivity contribution in [1.29, 1.82) is 0 Å². The quantitative estimate of drug-likeness (QED) is 0.540. The molecule has 1 saturated carbocycles. The number of halogens is 3. The third kappa shape index (κ3) is 5.22. The Hall–Kier alpha value is -3.00. The molecule has 0 bridgehead atoms. The molecule has 1 spiro atoms. The van der Waals surface area contributed by atoms with E-state index in [9.17, 15) is 18.0 Å². The lowest BCUT2D eigenvalue weighted by molar-refractivity contribution is -0.274. The van der Waals surface area contributed by atoms with E-state index in [2.05, 4.69) is 10.2 Å². The third-order valence-electron chi connectivity index (χ3n) is 6.02. The van der Waals surface area contributed by atoms with E-state index in [1.54, 1.807) is 12.1 Å². The number of para-hydroxylation sites is 1. The van der Waals surface area contributed by atoms with Crippen LogP contribution in [0.2, 0.25) is 0 Å². The summed E-state index contributed by atoms with van der Waals surface area (Å²) in [6, 6.07) is 15.4. The Balaban J connectivity index is 1.76. The van der Waals surface area contributed by atoms with Gasteiger partial charge in [0.2, 0.25) is 0 Å². The molecule has 8 heteroatoms. The first-order valence-corrected chi connectivity index (χ1v) is 11.3. The average Bonchev–Trinajstić information content (AvgIpc) is 3.16. The highest BCUT2D eigenvalue weighted by Crippen LogP contribution is 2.51. The van der Waals surface area contributed by atoms with Gasteiger partial charge in [-0.05, 0) is 63.8 Å².